The summed E-state index contributed by atoms with van der Waals surface area (Å²) in [5.74, 6) is 0.110. The third-order valence-corrected chi connectivity index (χ3v) is 6.17. The van der Waals surface area contributed by atoms with E-state index in [0.717, 1.165) is 25.1 Å². The van der Waals surface area contributed by atoms with Crippen LogP contribution in [0.1, 0.15) is 25.7 Å². The molecule has 0 aliphatic carbocycles. The molecule has 1 heterocycles. The molecule has 1 atom stereocenters. The van der Waals surface area contributed by atoms with Crippen molar-refractivity contribution in [2.45, 2.75) is 30.6 Å². The summed E-state index contributed by atoms with van der Waals surface area (Å²) >= 11 is 0. The maximum absolute atomic E-state index is 12.7. The van der Waals surface area contributed by atoms with Gasteiger partial charge < -0.3 is 4.90 Å². The lowest BCUT2D eigenvalue weighted by molar-refractivity contribution is -0.124. The van der Waals surface area contributed by atoms with Gasteiger partial charge in [0.1, 0.15) is 0 Å². The highest BCUT2D eigenvalue weighted by Gasteiger charge is 2.29. The molecule has 26 heavy (non-hydrogen) atoms. The number of rotatable bonds is 7. The highest BCUT2D eigenvalue weighted by atomic mass is 32.2. The Morgan fingerprint density at radius 2 is 1.65 bits per heavy atom. The van der Waals surface area contributed by atoms with E-state index in [1.165, 1.54) is 0 Å². The molecule has 6 heteroatoms. The molecule has 2 aromatic rings. The van der Waals surface area contributed by atoms with Gasteiger partial charge in [0.15, 0.2) is 0 Å². The molecule has 1 amide bonds. The number of carbonyl (C=O) groups excluding carboxylic acids is 1. The zero-order valence-electron chi connectivity index (χ0n) is 14.7. The molecular formula is C20H24N2O3S. The normalized spacial score (nSPS) is 18.1. The van der Waals surface area contributed by atoms with E-state index in [-0.39, 0.29) is 16.7 Å². The summed E-state index contributed by atoms with van der Waals surface area (Å²) in [4.78, 5) is 14.8. The van der Waals surface area contributed by atoms with Crippen molar-refractivity contribution in [2.24, 2.45) is 5.92 Å². The summed E-state index contributed by atoms with van der Waals surface area (Å²) in [6, 6.07) is 18.1. The minimum absolute atomic E-state index is 0.0369. The Kier molecular flexibility index (Phi) is 6.06. The van der Waals surface area contributed by atoms with E-state index in [1.807, 2.05) is 35.2 Å². The first-order valence-electron chi connectivity index (χ1n) is 8.99. The van der Waals surface area contributed by atoms with Gasteiger partial charge >= 0.3 is 0 Å². The molecule has 138 valence electrons. The molecule has 1 fully saturated rings. The summed E-state index contributed by atoms with van der Waals surface area (Å²) in [6.07, 6.45) is 3.18. The highest BCUT2D eigenvalue weighted by molar-refractivity contribution is 7.89. The molecule has 1 saturated heterocycles. The number of amides is 1. The number of carbonyl (C=O) groups is 1. The molecule has 0 saturated carbocycles. The van der Waals surface area contributed by atoms with Crippen molar-refractivity contribution in [1.82, 2.24) is 4.72 Å². The lowest BCUT2D eigenvalue weighted by Gasteiger charge is -2.32. The van der Waals surface area contributed by atoms with Crippen LogP contribution in [0, 0.1) is 5.92 Å². The lowest BCUT2D eigenvalue weighted by Crippen LogP contribution is -2.41. The fraction of sp³-hybridized carbons (Fsp3) is 0.350. The fourth-order valence-electron chi connectivity index (χ4n) is 3.32. The van der Waals surface area contributed by atoms with Gasteiger partial charge in [0.05, 0.1) is 4.90 Å². The van der Waals surface area contributed by atoms with Gasteiger partial charge in [-0.05, 0) is 49.9 Å². The van der Waals surface area contributed by atoms with Crippen molar-refractivity contribution < 1.29 is 13.2 Å². The van der Waals surface area contributed by atoms with Crippen LogP contribution >= 0.6 is 0 Å². The molecule has 1 aliphatic heterocycles. The number of hydrogen-bond donors (Lipinski definition) is 1. The summed E-state index contributed by atoms with van der Waals surface area (Å²) < 4.78 is 27.0. The molecule has 2 aromatic carbocycles. The molecule has 0 bridgehead atoms. The van der Waals surface area contributed by atoms with Crippen molar-refractivity contribution in [3.8, 4) is 0 Å². The SMILES string of the molecule is O=C1C(CCCNS(=O)(=O)c2ccccc2)CCCN1c1ccccc1. The summed E-state index contributed by atoms with van der Waals surface area (Å²) in [7, 11) is -3.48. The van der Waals surface area contributed by atoms with E-state index < -0.39 is 10.0 Å². The topological polar surface area (TPSA) is 66.5 Å². The lowest BCUT2D eigenvalue weighted by atomic mass is 9.92. The van der Waals surface area contributed by atoms with Crippen LogP contribution in [0.5, 0.6) is 0 Å². The fourth-order valence-corrected chi connectivity index (χ4v) is 4.42. The predicted octanol–water partition coefficient (Wildman–Crippen LogP) is 3.19. The van der Waals surface area contributed by atoms with Crippen LogP contribution in [0.15, 0.2) is 65.6 Å². The number of benzene rings is 2. The quantitative estimate of drug-likeness (QED) is 0.759. The van der Waals surface area contributed by atoms with E-state index >= 15 is 0 Å². The van der Waals surface area contributed by atoms with Crippen LogP contribution in [-0.4, -0.2) is 27.4 Å². The van der Waals surface area contributed by atoms with Gasteiger partial charge in [-0.25, -0.2) is 13.1 Å². The second-order valence-corrected chi connectivity index (χ2v) is 8.28. The Balaban J connectivity index is 1.51. The number of nitrogens with zero attached hydrogens (tertiary/aromatic N) is 1. The predicted molar refractivity (Wildman–Crippen MR) is 102 cm³/mol. The first kappa shape index (κ1) is 18.6. The maximum atomic E-state index is 12.7. The monoisotopic (exact) mass is 372 g/mol. The van der Waals surface area contributed by atoms with E-state index in [2.05, 4.69) is 4.72 Å². The molecule has 0 spiro atoms. The average molecular weight is 372 g/mol. The zero-order valence-corrected chi connectivity index (χ0v) is 15.5. The van der Waals surface area contributed by atoms with E-state index in [4.69, 9.17) is 0 Å². The molecular weight excluding hydrogens is 348 g/mol. The van der Waals surface area contributed by atoms with Crippen LogP contribution < -0.4 is 9.62 Å². The highest BCUT2D eigenvalue weighted by Crippen LogP contribution is 2.26. The number of anilines is 1. The minimum atomic E-state index is -3.48. The van der Waals surface area contributed by atoms with Gasteiger partial charge in [0, 0.05) is 24.7 Å². The second-order valence-electron chi connectivity index (χ2n) is 6.52. The Bertz CT molecular complexity index is 823. The molecule has 5 nitrogen and oxygen atoms in total. The van der Waals surface area contributed by atoms with Gasteiger partial charge in [-0.15, -0.1) is 0 Å². The minimum Gasteiger partial charge on any atom is -0.312 e. The van der Waals surface area contributed by atoms with Gasteiger partial charge in [-0.1, -0.05) is 36.4 Å². The Morgan fingerprint density at radius 1 is 1.00 bits per heavy atom. The standard InChI is InChI=1S/C20H24N2O3S/c23-20-17(10-8-16-22(20)18-11-3-1-4-12-18)9-7-15-21-26(24,25)19-13-5-2-6-14-19/h1-6,11-14,17,21H,7-10,15-16H2. The van der Waals surface area contributed by atoms with Crippen molar-refractivity contribution >= 4 is 21.6 Å². The van der Waals surface area contributed by atoms with Gasteiger partial charge in [0.25, 0.3) is 0 Å². The van der Waals surface area contributed by atoms with Crippen molar-refractivity contribution in [2.75, 3.05) is 18.0 Å². The van der Waals surface area contributed by atoms with Crippen molar-refractivity contribution in [3.05, 3.63) is 60.7 Å². The summed E-state index contributed by atoms with van der Waals surface area (Å²) in [5, 5.41) is 0. The Morgan fingerprint density at radius 3 is 2.35 bits per heavy atom. The molecule has 1 aliphatic rings. The first-order valence-corrected chi connectivity index (χ1v) is 10.5. The molecule has 0 aromatic heterocycles. The van der Waals surface area contributed by atoms with Crippen LogP contribution in [-0.2, 0) is 14.8 Å². The number of hydrogen-bond acceptors (Lipinski definition) is 3. The summed E-state index contributed by atoms with van der Waals surface area (Å²) in [6.45, 7) is 1.09. The van der Waals surface area contributed by atoms with Crippen molar-refractivity contribution in [3.63, 3.8) is 0 Å². The van der Waals surface area contributed by atoms with Crippen molar-refractivity contribution in [1.29, 1.82) is 0 Å². The Labute approximate surface area is 155 Å². The second kappa shape index (κ2) is 8.47. The molecule has 1 N–H and O–H groups in total. The number of sulfonamides is 1. The maximum Gasteiger partial charge on any atom is 0.240 e. The zero-order chi connectivity index (χ0) is 18.4. The van der Waals surface area contributed by atoms with Gasteiger partial charge in [0.2, 0.25) is 15.9 Å². The summed E-state index contributed by atoms with van der Waals surface area (Å²) in [5.41, 5.74) is 0.937. The molecule has 3 rings (SSSR count). The van der Waals surface area contributed by atoms with Crippen LogP contribution in [0.4, 0.5) is 5.69 Å². The van der Waals surface area contributed by atoms with Gasteiger partial charge in [-0.2, -0.15) is 0 Å². The van der Waals surface area contributed by atoms with E-state index in [0.29, 0.717) is 19.4 Å². The molecule has 1 unspecified atom stereocenters. The third-order valence-electron chi connectivity index (χ3n) is 4.69. The Hall–Kier alpha value is -2.18. The van der Waals surface area contributed by atoms with E-state index in [9.17, 15) is 13.2 Å². The smallest absolute Gasteiger partial charge is 0.240 e. The number of nitrogens with one attached hydrogen (secondary N) is 1. The first-order chi connectivity index (χ1) is 12.6. The van der Waals surface area contributed by atoms with Crippen LogP contribution in [0.25, 0.3) is 0 Å². The average Bonchev–Trinajstić information content (AvgIpc) is 2.68. The molecule has 0 radical (unpaired) electrons. The van der Waals surface area contributed by atoms with Crippen LogP contribution in [0.3, 0.4) is 0 Å². The van der Waals surface area contributed by atoms with Crippen LogP contribution in [0.2, 0.25) is 0 Å². The number of piperidine rings is 1. The number of para-hydroxylation sites is 1. The third kappa shape index (κ3) is 4.51. The largest absolute Gasteiger partial charge is 0.312 e. The van der Waals surface area contributed by atoms with E-state index in [1.54, 1.807) is 30.3 Å². The van der Waals surface area contributed by atoms with Gasteiger partial charge in [-0.3, -0.25) is 4.79 Å².